The topological polar surface area (TPSA) is 67.9 Å². The molecule has 3 amide bonds. The molecule has 27 heavy (non-hydrogen) atoms. The maximum atomic E-state index is 13.3. The summed E-state index contributed by atoms with van der Waals surface area (Å²) >= 11 is 12.3. The highest BCUT2D eigenvalue weighted by molar-refractivity contribution is 6.32. The molecule has 1 saturated heterocycles. The molecule has 1 atom stereocenters. The van der Waals surface area contributed by atoms with Crippen LogP contribution < -0.4 is 14.8 Å². The van der Waals surface area contributed by atoms with Gasteiger partial charge in [-0.05, 0) is 36.8 Å². The molecule has 2 aromatic carbocycles. The standard InChI is InChI=1S/C18H13Cl2FN2O4/c1-18(11-3-2-10(21)6-12(11)19)16(24)23(17(25)22-18)7-9-4-13(20)15-14(5-9)26-8-27-15/h2-6H,7-8H2,1H3,(H,22,25). The molecule has 140 valence electrons. The number of hydrogen-bond donors (Lipinski definition) is 1. The first-order valence-corrected chi connectivity index (χ1v) is 8.73. The molecular formula is C18H13Cl2FN2O4. The van der Waals surface area contributed by atoms with Crippen LogP contribution in [0, 0.1) is 5.82 Å². The van der Waals surface area contributed by atoms with E-state index in [1.807, 2.05) is 0 Å². The van der Waals surface area contributed by atoms with Crippen molar-refractivity contribution in [2.45, 2.75) is 19.0 Å². The zero-order valence-electron chi connectivity index (χ0n) is 14.0. The Morgan fingerprint density at radius 2 is 1.96 bits per heavy atom. The van der Waals surface area contributed by atoms with Gasteiger partial charge in [-0.1, -0.05) is 29.3 Å². The minimum atomic E-state index is -1.40. The number of ether oxygens (including phenoxy) is 2. The third-order valence-electron chi connectivity index (χ3n) is 4.57. The van der Waals surface area contributed by atoms with E-state index >= 15 is 0 Å². The van der Waals surface area contributed by atoms with Crippen LogP contribution in [0.2, 0.25) is 10.0 Å². The van der Waals surface area contributed by atoms with Crippen LogP contribution >= 0.6 is 23.2 Å². The number of fused-ring (bicyclic) bond motifs is 1. The average Bonchev–Trinajstić information content (AvgIpc) is 3.14. The van der Waals surface area contributed by atoms with E-state index < -0.39 is 23.3 Å². The monoisotopic (exact) mass is 410 g/mol. The van der Waals surface area contributed by atoms with Crippen LogP contribution in [0.5, 0.6) is 11.5 Å². The number of carbonyl (C=O) groups excluding carboxylic acids is 2. The SMILES string of the molecule is CC1(c2ccc(F)cc2Cl)NC(=O)N(Cc2cc(Cl)c3c(c2)OCO3)C1=O. The van der Waals surface area contributed by atoms with Crippen molar-refractivity contribution in [2.75, 3.05) is 6.79 Å². The van der Waals surface area contributed by atoms with Crippen LogP contribution in [0.15, 0.2) is 30.3 Å². The third-order valence-corrected chi connectivity index (χ3v) is 5.17. The molecule has 0 spiro atoms. The van der Waals surface area contributed by atoms with Crippen LogP contribution in [0.1, 0.15) is 18.1 Å². The second-order valence-corrected chi connectivity index (χ2v) is 7.20. The lowest BCUT2D eigenvalue weighted by Crippen LogP contribution is -2.41. The number of hydrogen-bond acceptors (Lipinski definition) is 4. The molecule has 1 fully saturated rings. The molecule has 0 aliphatic carbocycles. The summed E-state index contributed by atoms with van der Waals surface area (Å²) in [5.41, 5.74) is -0.487. The van der Waals surface area contributed by atoms with Gasteiger partial charge in [-0.15, -0.1) is 0 Å². The number of nitrogens with zero attached hydrogens (tertiary/aromatic N) is 1. The van der Waals surface area contributed by atoms with Crippen molar-refractivity contribution >= 4 is 35.1 Å². The summed E-state index contributed by atoms with van der Waals surface area (Å²) in [5.74, 6) is -0.153. The highest BCUT2D eigenvalue weighted by Crippen LogP contribution is 2.41. The Balaban J connectivity index is 1.65. The number of imide groups is 1. The van der Waals surface area contributed by atoms with Crippen molar-refractivity contribution in [3.05, 3.63) is 57.3 Å². The Labute approximate surface area is 163 Å². The van der Waals surface area contributed by atoms with Gasteiger partial charge >= 0.3 is 6.03 Å². The Bertz CT molecular complexity index is 984. The summed E-state index contributed by atoms with van der Waals surface area (Å²) in [7, 11) is 0. The quantitative estimate of drug-likeness (QED) is 0.780. The number of carbonyl (C=O) groups is 2. The van der Waals surface area contributed by atoms with Gasteiger partial charge in [0.2, 0.25) is 6.79 Å². The van der Waals surface area contributed by atoms with E-state index in [1.165, 1.54) is 19.1 Å². The van der Waals surface area contributed by atoms with Crippen LogP contribution in [-0.4, -0.2) is 23.6 Å². The maximum absolute atomic E-state index is 13.3. The van der Waals surface area contributed by atoms with E-state index in [0.29, 0.717) is 27.6 Å². The first-order valence-electron chi connectivity index (χ1n) is 7.97. The van der Waals surface area contributed by atoms with E-state index in [9.17, 15) is 14.0 Å². The van der Waals surface area contributed by atoms with Crippen molar-refractivity contribution in [3.8, 4) is 11.5 Å². The van der Waals surface area contributed by atoms with Crippen molar-refractivity contribution in [1.29, 1.82) is 0 Å². The normalized spacial score (nSPS) is 21.0. The molecule has 6 nitrogen and oxygen atoms in total. The number of rotatable bonds is 3. The average molecular weight is 411 g/mol. The minimum absolute atomic E-state index is 0.0184. The van der Waals surface area contributed by atoms with E-state index in [2.05, 4.69) is 5.32 Å². The van der Waals surface area contributed by atoms with Crippen LogP contribution in [-0.2, 0) is 16.9 Å². The van der Waals surface area contributed by atoms with Gasteiger partial charge in [0.1, 0.15) is 11.4 Å². The smallest absolute Gasteiger partial charge is 0.325 e. The lowest BCUT2D eigenvalue weighted by Gasteiger charge is -2.23. The second-order valence-electron chi connectivity index (χ2n) is 6.38. The molecular weight excluding hydrogens is 398 g/mol. The first kappa shape index (κ1) is 17.9. The fourth-order valence-electron chi connectivity index (χ4n) is 3.21. The molecule has 2 aliphatic rings. The molecule has 4 rings (SSSR count). The largest absolute Gasteiger partial charge is 0.454 e. The second kappa shape index (κ2) is 6.28. The lowest BCUT2D eigenvalue weighted by molar-refractivity contribution is -0.131. The van der Waals surface area contributed by atoms with Crippen LogP contribution in [0.3, 0.4) is 0 Å². The highest BCUT2D eigenvalue weighted by Gasteiger charge is 2.50. The Hall–Kier alpha value is -2.51. The number of nitrogens with one attached hydrogen (secondary N) is 1. The summed E-state index contributed by atoms with van der Waals surface area (Å²) < 4.78 is 23.9. The summed E-state index contributed by atoms with van der Waals surface area (Å²) in [6.45, 7) is 1.57. The molecule has 0 saturated carbocycles. The number of halogens is 3. The molecule has 2 heterocycles. The zero-order valence-corrected chi connectivity index (χ0v) is 15.5. The zero-order chi connectivity index (χ0) is 19.3. The molecule has 2 aromatic rings. The molecule has 1 unspecified atom stereocenters. The summed E-state index contributed by atoms with van der Waals surface area (Å²) in [4.78, 5) is 26.5. The van der Waals surface area contributed by atoms with E-state index in [-0.39, 0.29) is 18.4 Å². The van der Waals surface area contributed by atoms with E-state index in [1.54, 1.807) is 12.1 Å². The fourth-order valence-corrected chi connectivity index (χ4v) is 3.86. The fraction of sp³-hybridized carbons (Fsp3) is 0.222. The van der Waals surface area contributed by atoms with Crippen molar-refractivity contribution in [3.63, 3.8) is 0 Å². The van der Waals surface area contributed by atoms with Gasteiger partial charge in [0.25, 0.3) is 5.91 Å². The van der Waals surface area contributed by atoms with E-state index in [0.717, 1.165) is 11.0 Å². The summed E-state index contributed by atoms with van der Waals surface area (Å²) in [6, 6.07) is 6.35. The minimum Gasteiger partial charge on any atom is -0.454 e. The number of benzene rings is 2. The molecule has 0 bridgehead atoms. The molecule has 0 radical (unpaired) electrons. The molecule has 2 aliphatic heterocycles. The van der Waals surface area contributed by atoms with Gasteiger partial charge < -0.3 is 14.8 Å². The maximum Gasteiger partial charge on any atom is 0.325 e. The third kappa shape index (κ3) is 2.87. The summed E-state index contributed by atoms with van der Waals surface area (Å²) in [5, 5.41) is 3.02. The Morgan fingerprint density at radius 1 is 1.19 bits per heavy atom. The van der Waals surface area contributed by atoms with Crippen molar-refractivity contribution in [2.24, 2.45) is 0 Å². The predicted molar refractivity (Wildman–Crippen MR) is 95.4 cm³/mol. The van der Waals surface area contributed by atoms with Crippen LogP contribution in [0.25, 0.3) is 0 Å². The number of amides is 3. The molecule has 1 N–H and O–H groups in total. The van der Waals surface area contributed by atoms with Gasteiger partial charge in [-0.25, -0.2) is 9.18 Å². The predicted octanol–water partition coefficient (Wildman–Crippen LogP) is 3.83. The Morgan fingerprint density at radius 3 is 2.70 bits per heavy atom. The van der Waals surface area contributed by atoms with E-state index in [4.69, 9.17) is 32.7 Å². The lowest BCUT2D eigenvalue weighted by atomic mass is 9.92. The molecule has 9 heteroatoms. The van der Waals surface area contributed by atoms with Crippen LogP contribution in [0.4, 0.5) is 9.18 Å². The number of urea groups is 1. The van der Waals surface area contributed by atoms with Gasteiger partial charge in [0.05, 0.1) is 11.6 Å². The van der Waals surface area contributed by atoms with Gasteiger partial charge in [0.15, 0.2) is 11.5 Å². The Kier molecular flexibility index (Phi) is 4.16. The van der Waals surface area contributed by atoms with Gasteiger partial charge in [0, 0.05) is 10.6 Å². The summed E-state index contributed by atoms with van der Waals surface area (Å²) in [6.07, 6.45) is 0. The van der Waals surface area contributed by atoms with Crippen molar-refractivity contribution in [1.82, 2.24) is 10.2 Å². The van der Waals surface area contributed by atoms with Gasteiger partial charge in [-0.3, -0.25) is 9.69 Å². The molecule has 0 aromatic heterocycles. The van der Waals surface area contributed by atoms with Crippen molar-refractivity contribution < 1.29 is 23.5 Å². The highest BCUT2D eigenvalue weighted by atomic mass is 35.5. The first-order chi connectivity index (χ1) is 12.8. The van der Waals surface area contributed by atoms with Gasteiger partial charge in [-0.2, -0.15) is 0 Å².